The number of aliphatic hydroxyl groups is 1. The summed E-state index contributed by atoms with van der Waals surface area (Å²) in [7, 11) is 0. The van der Waals surface area contributed by atoms with Gasteiger partial charge in [-0.25, -0.2) is 9.59 Å². The number of carboxylic acid groups (broad SMARTS) is 1. The van der Waals surface area contributed by atoms with E-state index in [0.717, 1.165) is 0 Å². The maximum atomic E-state index is 11.2. The first-order valence-corrected chi connectivity index (χ1v) is 4.86. The van der Waals surface area contributed by atoms with Gasteiger partial charge in [0.1, 0.15) is 0 Å². The third-order valence-corrected chi connectivity index (χ3v) is 1.79. The fraction of sp³-hybridized carbons (Fsp3) is 0.600. The van der Waals surface area contributed by atoms with Gasteiger partial charge in [-0.3, -0.25) is 0 Å². The molecule has 16 heavy (non-hydrogen) atoms. The molecular formula is C10H16N2O4. The van der Waals surface area contributed by atoms with Crippen molar-refractivity contribution in [3.05, 3.63) is 0 Å². The van der Waals surface area contributed by atoms with E-state index in [-0.39, 0.29) is 19.0 Å². The first-order valence-electron chi connectivity index (χ1n) is 4.86. The molecule has 0 saturated carbocycles. The Morgan fingerprint density at radius 3 is 2.62 bits per heavy atom. The van der Waals surface area contributed by atoms with Gasteiger partial charge in [0.15, 0.2) is 6.10 Å². The van der Waals surface area contributed by atoms with E-state index in [0.29, 0.717) is 6.42 Å². The van der Waals surface area contributed by atoms with Crippen LogP contribution in [0.4, 0.5) is 4.79 Å². The summed E-state index contributed by atoms with van der Waals surface area (Å²) < 4.78 is 0. The van der Waals surface area contributed by atoms with Crippen molar-refractivity contribution >= 4 is 12.0 Å². The van der Waals surface area contributed by atoms with E-state index in [9.17, 15) is 9.59 Å². The lowest BCUT2D eigenvalue weighted by molar-refractivity contribution is -0.146. The van der Waals surface area contributed by atoms with E-state index in [1.807, 2.05) is 0 Å². The fourth-order valence-corrected chi connectivity index (χ4v) is 0.949. The highest BCUT2D eigenvalue weighted by atomic mass is 16.4. The van der Waals surface area contributed by atoms with Crippen molar-refractivity contribution in [1.29, 1.82) is 0 Å². The second-order valence-electron chi connectivity index (χ2n) is 3.35. The van der Waals surface area contributed by atoms with Crippen molar-refractivity contribution in [2.75, 3.05) is 6.54 Å². The molecule has 0 heterocycles. The highest BCUT2D eigenvalue weighted by Crippen LogP contribution is 1.90. The normalized spacial score (nSPS) is 13.3. The summed E-state index contributed by atoms with van der Waals surface area (Å²) in [5, 5.41) is 22.2. The average Bonchev–Trinajstić information content (AvgIpc) is 2.17. The number of carbonyl (C=O) groups excluding carboxylic acids is 1. The van der Waals surface area contributed by atoms with Gasteiger partial charge in [0.2, 0.25) is 0 Å². The van der Waals surface area contributed by atoms with Gasteiger partial charge in [0, 0.05) is 25.4 Å². The Balaban J connectivity index is 3.67. The molecule has 4 N–H and O–H groups in total. The smallest absolute Gasteiger partial charge is 0.332 e. The Kier molecular flexibility index (Phi) is 6.72. The van der Waals surface area contributed by atoms with E-state index in [1.165, 1.54) is 0 Å². The lowest BCUT2D eigenvalue weighted by atomic mass is 10.2. The third-order valence-electron chi connectivity index (χ3n) is 1.79. The summed E-state index contributed by atoms with van der Waals surface area (Å²) in [5.74, 6) is 1.10. The van der Waals surface area contributed by atoms with Crippen molar-refractivity contribution in [1.82, 2.24) is 10.6 Å². The molecule has 0 aromatic heterocycles. The molecule has 0 aromatic carbocycles. The number of nitrogens with one attached hydrogen (secondary N) is 2. The highest BCUT2D eigenvalue weighted by molar-refractivity contribution is 5.74. The van der Waals surface area contributed by atoms with Gasteiger partial charge < -0.3 is 20.8 Å². The summed E-state index contributed by atoms with van der Waals surface area (Å²) in [5.41, 5.74) is 0. The summed E-state index contributed by atoms with van der Waals surface area (Å²) in [6, 6.07) is -0.574. The first-order chi connectivity index (χ1) is 7.47. The monoisotopic (exact) mass is 228 g/mol. The molecule has 0 aliphatic rings. The molecule has 0 spiro atoms. The van der Waals surface area contributed by atoms with Crippen LogP contribution in [0.5, 0.6) is 0 Å². The van der Waals surface area contributed by atoms with Crippen molar-refractivity contribution in [2.45, 2.75) is 31.9 Å². The number of urea groups is 1. The Hall–Kier alpha value is -1.74. The van der Waals surface area contributed by atoms with Crippen LogP contribution < -0.4 is 10.6 Å². The number of carboxylic acids is 1. The highest BCUT2D eigenvalue weighted by Gasteiger charge is 2.13. The van der Waals surface area contributed by atoms with E-state index in [1.54, 1.807) is 6.92 Å². The van der Waals surface area contributed by atoms with Gasteiger partial charge in [-0.05, 0) is 6.92 Å². The van der Waals surface area contributed by atoms with Crippen LogP contribution in [0.25, 0.3) is 0 Å². The number of terminal acetylenes is 1. The fourth-order valence-electron chi connectivity index (χ4n) is 0.949. The summed E-state index contributed by atoms with van der Waals surface area (Å²) in [6.07, 6.45) is 3.99. The topological polar surface area (TPSA) is 98.7 Å². The zero-order chi connectivity index (χ0) is 12.6. The Morgan fingerprint density at radius 2 is 2.12 bits per heavy atom. The second-order valence-corrected chi connectivity index (χ2v) is 3.35. The van der Waals surface area contributed by atoms with Crippen LogP contribution in [0.15, 0.2) is 0 Å². The molecule has 2 unspecified atom stereocenters. The van der Waals surface area contributed by atoms with Crippen molar-refractivity contribution < 1.29 is 19.8 Å². The Bertz CT molecular complexity index is 285. The largest absolute Gasteiger partial charge is 0.479 e. The number of hydrogen-bond donors (Lipinski definition) is 4. The second kappa shape index (κ2) is 7.54. The molecule has 0 saturated heterocycles. The molecule has 2 atom stereocenters. The Labute approximate surface area is 94.0 Å². The first kappa shape index (κ1) is 14.3. The van der Waals surface area contributed by atoms with Crippen LogP contribution in [0.3, 0.4) is 0 Å². The minimum Gasteiger partial charge on any atom is -0.479 e. The van der Waals surface area contributed by atoms with E-state index >= 15 is 0 Å². The lowest BCUT2D eigenvalue weighted by Gasteiger charge is -2.12. The van der Waals surface area contributed by atoms with Crippen LogP contribution in [0, 0.1) is 12.3 Å². The van der Waals surface area contributed by atoms with Gasteiger partial charge in [0.25, 0.3) is 0 Å². The van der Waals surface area contributed by atoms with Gasteiger partial charge in [-0.15, -0.1) is 12.3 Å². The van der Waals surface area contributed by atoms with Crippen molar-refractivity contribution in [3.8, 4) is 12.3 Å². The number of aliphatic carboxylic acids is 1. The quantitative estimate of drug-likeness (QED) is 0.462. The van der Waals surface area contributed by atoms with E-state index in [4.69, 9.17) is 16.6 Å². The average molecular weight is 228 g/mol. The number of rotatable bonds is 6. The number of aliphatic hydroxyl groups excluding tert-OH is 1. The van der Waals surface area contributed by atoms with E-state index in [2.05, 4.69) is 16.6 Å². The zero-order valence-electron chi connectivity index (χ0n) is 9.06. The van der Waals surface area contributed by atoms with Gasteiger partial charge in [-0.2, -0.15) is 0 Å². The molecule has 0 aliphatic carbocycles. The van der Waals surface area contributed by atoms with Crippen molar-refractivity contribution in [3.63, 3.8) is 0 Å². The molecule has 6 nitrogen and oxygen atoms in total. The van der Waals surface area contributed by atoms with Crippen molar-refractivity contribution in [2.24, 2.45) is 0 Å². The summed E-state index contributed by atoms with van der Waals surface area (Å²) >= 11 is 0. The number of hydrogen-bond acceptors (Lipinski definition) is 3. The minimum atomic E-state index is -1.46. The standard InChI is InChI=1S/C10H16N2O4/c1-3-4-7(2)12-10(16)11-6-5-8(13)9(14)15/h1,7-8,13H,4-6H2,2H3,(H,14,15)(H2,11,12,16). The third kappa shape index (κ3) is 6.68. The molecule has 0 aliphatic heterocycles. The van der Waals surface area contributed by atoms with Crippen LogP contribution in [-0.2, 0) is 4.79 Å². The van der Waals surface area contributed by atoms with Crippen LogP contribution in [0.1, 0.15) is 19.8 Å². The van der Waals surface area contributed by atoms with Gasteiger partial charge in [-0.1, -0.05) is 0 Å². The van der Waals surface area contributed by atoms with E-state index < -0.39 is 18.1 Å². The molecule has 6 heteroatoms. The predicted octanol–water partition coefficient (Wildman–Crippen LogP) is -0.467. The lowest BCUT2D eigenvalue weighted by Crippen LogP contribution is -2.41. The van der Waals surface area contributed by atoms with Gasteiger partial charge >= 0.3 is 12.0 Å². The zero-order valence-corrected chi connectivity index (χ0v) is 9.06. The summed E-state index contributed by atoms with van der Waals surface area (Å²) in [4.78, 5) is 21.4. The van der Waals surface area contributed by atoms with Crippen LogP contribution >= 0.6 is 0 Å². The molecule has 0 bridgehead atoms. The maximum Gasteiger partial charge on any atom is 0.332 e. The molecule has 2 amide bonds. The molecule has 90 valence electrons. The predicted molar refractivity (Wildman–Crippen MR) is 57.7 cm³/mol. The SMILES string of the molecule is C#CCC(C)NC(=O)NCCC(O)C(=O)O. The Morgan fingerprint density at radius 1 is 1.50 bits per heavy atom. The molecule has 0 radical (unpaired) electrons. The van der Waals surface area contributed by atoms with Crippen LogP contribution in [-0.4, -0.2) is 40.9 Å². The molecule has 0 rings (SSSR count). The summed E-state index contributed by atoms with van der Waals surface area (Å²) in [6.45, 7) is 1.84. The molecule has 0 fully saturated rings. The molecule has 0 aromatic rings. The van der Waals surface area contributed by atoms with Gasteiger partial charge in [0.05, 0.1) is 0 Å². The number of carbonyl (C=O) groups is 2. The molecular weight excluding hydrogens is 212 g/mol. The maximum absolute atomic E-state index is 11.2. The number of amides is 2. The van der Waals surface area contributed by atoms with Crippen LogP contribution in [0.2, 0.25) is 0 Å². The minimum absolute atomic E-state index is 0.0354.